The van der Waals surface area contributed by atoms with Crippen LogP contribution in [0.1, 0.15) is 17.2 Å². The van der Waals surface area contributed by atoms with Crippen LogP contribution in [-0.2, 0) is 22.9 Å². The Balaban J connectivity index is 1.58. The number of aromatic nitrogens is 3. The van der Waals surface area contributed by atoms with E-state index in [1.807, 2.05) is 0 Å². The van der Waals surface area contributed by atoms with Crippen molar-refractivity contribution in [1.82, 2.24) is 19.9 Å². The number of nitrogens with zero attached hydrogens (tertiary/aromatic N) is 2. The Labute approximate surface area is 153 Å². The minimum absolute atomic E-state index is 0.0730. The quantitative estimate of drug-likeness (QED) is 0.642. The standard InChI is InChI=1S/C17H15F3N4O2S/c18-12-3-1-2-11(8-12)9-17-22-16(23-24-17)6-7-21-27(25,26)15-5-4-13(19)10-14(15)20/h1-5,8,10,21H,6-7,9H2,(H,22,23,24). The van der Waals surface area contributed by atoms with Gasteiger partial charge in [-0.1, -0.05) is 12.1 Å². The average molecular weight is 396 g/mol. The van der Waals surface area contributed by atoms with Gasteiger partial charge in [0.1, 0.15) is 28.2 Å². The monoisotopic (exact) mass is 396 g/mol. The van der Waals surface area contributed by atoms with Gasteiger partial charge in [0.25, 0.3) is 0 Å². The number of benzene rings is 2. The Kier molecular flexibility index (Phi) is 5.57. The molecule has 0 aliphatic carbocycles. The van der Waals surface area contributed by atoms with Gasteiger partial charge >= 0.3 is 0 Å². The number of H-pyrrole nitrogens is 1. The van der Waals surface area contributed by atoms with Crippen LogP contribution >= 0.6 is 0 Å². The van der Waals surface area contributed by atoms with Gasteiger partial charge in [0, 0.05) is 25.5 Å². The number of aromatic amines is 1. The second-order valence-corrected chi connectivity index (χ2v) is 7.46. The summed E-state index contributed by atoms with van der Waals surface area (Å²) in [5, 5.41) is 6.67. The van der Waals surface area contributed by atoms with Gasteiger partial charge in [0.05, 0.1) is 0 Å². The van der Waals surface area contributed by atoms with E-state index in [9.17, 15) is 21.6 Å². The molecular formula is C17H15F3N4O2S. The lowest BCUT2D eigenvalue weighted by atomic mass is 10.1. The topological polar surface area (TPSA) is 87.7 Å². The van der Waals surface area contributed by atoms with Crippen LogP contribution in [0.3, 0.4) is 0 Å². The molecule has 0 radical (unpaired) electrons. The molecule has 142 valence electrons. The fourth-order valence-corrected chi connectivity index (χ4v) is 3.52. The molecule has 0 aliphatic heterocycles. The second-order valence-electron chi connectivity index (χ2n) is 5.73. The average Bonchev–Trinajstić information content (AvgIpc) is 3.01. The van der Waals surface area contributed by atoms with Crippen molar-refractivity contribution in [3.8, 4) is 0 Å². The van der Waals surface area contributed by atoms with Crippen LogP contribution in [0.4, 0.5) is 13.2 Å². The van der Waals surface area contributed by atoms with Crippen LogP contribution in [0.2, 0.25) is 0 Å². The van der Waals surface area contributed by atoms with Crippen molar-refractivity contribution in [2.45, 2.75) is 17.7 Å². The molecule has 0 saturated heterocycles. The zero-order chi connectivity index (χ0) is 19.4. The molecule has 0 unspecified atom stereocenters. The third-order valence-corrected chi connectivity index (χ3v) is 5.16. The van der Waals surface area contributed by atoms with Gasteiger partial charge in [0.2, 0.25) is 10.0 Å². The molecule has 3 rings (SSSR count). The first-order valence-corrected chi connectivity index (χ1v) is 9.41. The molecule has 2 aromatic carbocycles. The molecule has 27 heavy (non-hydrogen) atoms. The van der Waals surface area contributed by atoms with E-state index in [1.54, 1.807) is 12.1 Å². The number of rotatable bonds is 7. The maximum Gasteiger partial charge on any atom is 0.243 e. The molecule has 1 aromatic heterocycles. The summed E-state index contributed by atoms with van der Waals surface area (Å²) in [6.45, 7) is -0.0730. The Hall–Kier alpha value is -2.72. The minimum Gasteiger partial charge on any atom is -0.263 e. The fraction of sp³-hybridized carbons (Fsp3) is 0.176. The van der Waals surface area contributed by atoms with E-state index < -0.39 is 26.6 Å². The largest absolute Gasteiger partial charge is 0.263 e. The summed E-state index contributed by atoms with van der Waals surface area (Å²) in [6, 6.07) is 8.28. The second kappa shape index (κ2) is 7.89. The number of halogens is 3. The molecule has 0 bridgehead atoms. The first-order valence-electron chi connectivity index (χ1n) is 7.93. The summed E-state index contributed by atoms with van der Waals surface area (Å²) in [7, 11) is -4.12. The van der Waals surface area contributed by atoms with E-state index in [1.165, 1.54) is 12.1 Å². The van der Waals surface area contributed by atoms with Crippen LogP contribution in [0.25, 0.3) is 0 Å². The summed E-state index contributed by atoms with van der Waals surface area (Å²) in [4.78, 5) is 3.58. The van der Waals surface area contributed by atoms with Crippen molar-refractivity contribution in [2.24, 2.45) is 0 Å². The van der Waals surface area contributed by atoms with Crippen molar-refractivity contribution < 1.29 is 21.6 Å². The van der Waals surface area contributed by atoms with E-state index in [-0.39, 0.29) is 18.8 Å². The Morgan fingerprint density at radius 2 is 1.81 bits per heavy atom. The van der Waals surface area contributed by atoms with Gasteiger partial charge in [0.15, 0.2) is 5.82 Å². The molecule has 6 nitrogen and oxygen atoms in total. The summed E-state index contributed by atoms with van der Waals surface area (Å²) >= 11 is 0. The van der Waals surface area contributed by atoms with Gasteiger partial charge in [-0.2, -0.15) is 5.10 Å². The maximum atomic E-state index is 13.6. The molecule has 1 heterocycles. The van der Waals surface area contributed by atoms with Crippen LogP contribution in [-0.4, -0.2) is 30.1 Å². The van der Waals surface area contributed by atoms with Crippen molar-refractivity contribution in [2.75, 3.05) is 6.54 Å². The lowest BCUT2D eigenvalue weighted by molar-refractivity contribution is 0.543. The first kappa shape index (κ1) is 19.1. The van der Waals surface area contributed by atoms with E-state index >= 15 is 0 Å². The number of sulfonamides is 1. The zero-order valence-electron chi connectivity index (χ0n) is 13.9. The van der Waals surface area contributed by atoms with E-state index in [0.29, 0.717) is 29.7 Å². The predicted octanol–water partition coefficient (Wildman–Crippen LogP) is 2.33. The van der Waals surface area contributed by atoms with Crippen molar-refractivity contribution >= 4 is 10.0 Å². The van der Waals surface area contributed by atoms with E-state index in [0.717, 1.165) is 12.1 Å². The van der Waals surface area contributed by atoms with Crippen LogP contribution in [0, 0.1) is 17.5 Å². The minimum atomic E-state index is -4.12. The van der Waals surface area contributed by atoms with Gasteiger partial charge in [-0.25, -0.2) is 31.3 Å². The van der Waals surface area contributed by atoms with Crippen molar-refractivity contribution in [3.63, 3.8) is 0 Å². The maximum absolute atomic E-state index is 13.6. The van der Waals surface area contributed by atoms with Gasteiger partial charge in [-0.3, -0.25) is 5.10 Å². The predicted molar refractivity (Wildman–Crippen MR) is 90.8 cm³/mol. The van der Waals surface area contributed by atoms with Gasteiger partial charge < -0.3 is 0 Å². The Bertz CT molecular complexity index is 1050. The smallest absolute Gasteiger partial charge is 0.243 e. The fourth-order valence-electron chi connectivity index (χ4n) is 2.43. The highest BCUT2D eigenvalue weighted by Crippen LogP contribution is 2.15. The van der Waals surface area contributed by atoms with Crippen LogP contribution in [0.15, 0.2) is 47.4 Å². The Morgan fingerprint density at radius 1 is 1.04 bits per heavy atom. The third-order valence-electron chi connectivity index (χ3n) is 3.66. The molecule has 0 saturated carbocycles. The molecule has 0 fully saturated rings. The highest BCUT2D eigenvalue weighted by molar-refractivity contribution is 7.89. The number of hydrogen-bond donors (Lipinski definition) is 2. The van der Waals surface area contributed by atoms with Crippen LogP contribution < -0.4 is 4.72 Å². The van der Waals surface area contributed by atoms with Crippen molar-refractivity contribution in [1.29, 1.82) is 0 Å². The highest BCUT2D eigenvalue weighted by atomic mass is 32.2. The molecule has 0 amide bonds. The van der Waals surface area contributed by atoms with Crippen molar-refractivity contribution in [3.05, 3.63) is 77.1 Å². The molecule has 10 heteroatoms. The molecule has 0 atom stereocenters. The van der Waals surface area contributed by atoms with E-state index in [2.05, 4.69) is 19.9 Å². The van der Waals surface area contributed by atoms with E-state index in [4.69, 9.17) is 0 Å². The zero-order valence-corrected chi connectivity index (χ0v) is 14.7. The lowest BCUT2D eigenvalue weighted by Gasteiger charge is -2.06. The molecule has 3 aromatic rings. The Morgan fingerprint density at radius 3 is 2.56 bits per heavy atom. The molecule has 2 N–H and O–H groups in total. The summed E-state index contributed by atoms with van der Waals surface area (Å²) in [6.07, 6.45) is 0.499. The third kappa shape index (κ3) is 4.92. The highest BCUT2D eigenvalue weighted by Gasteiger charge is 2.19. The molecule has 0 aliphatic rings. The number of nitrogens with one attached hydrogen (secondary N) is 2. The summed E-state index contributed by atoms with van der Waals surface area (Å²) in [5.41, 5.74) is 0.713. The summed E-state index contributed by atoms with van der Waals surface area (Å²) in [5.74, 6) is -1.53. The molecule has 0 spiro atoms. The normalized spacial score (nSPS) is 11.7. The summed E-state index contributed by atoms with van der Waals surface area (Å²) < 4.78 is 66.1. The van der Waals surface area contributed by atoms with Gasteiger partial charge in [-0.05, 0) is 29.8 Å². The first-order chi connectivity index (χ1) is 12.8. The van der Waals surface area contributed by atoms with Gasteiger partial charge in [-0.15, -0.1) is 0 Å². The molecular weight excluding hydrogens is 381 g/mol. The number of hydrogen-bond acceptors (Lipinski definition) is 4. The lowest BCUT2D eigenvalue weighted by Crippen LogP contribution is -2.27. The SMILES string of the molecule is O=S(=O)(NCCc1n[nH]c(Cc2cccc(F)c2)n1)c1ccc(F)cc1F. The van der Waals surface area contributed by atoms with Crippen LogP contribution in [0.5, 0.6) is 0 Å².